The van der Waals surface area contributed by atoms with Gasteiger partial charge in [0.1, 0.15) is 5.75 Å². The highest BCUT2D eigenvalue weighted by atomic mass is 16.5. The summed E-state index contributed by atoms with van der Waals surface area (Å²) in [6, 6.07) is 16.5. The van der Waals surface area contributed by atoms with E-state index in [9.17, 15) is 4.79 Å². The predicted octanol–water partition coefficient (Wildman–Crippen LogP) is 3.67. The number of hydrogen-bond donors (Lipinski definition) is 1. The zero-order chi connectivity index (χ0) is 17.9. The largest absolute Gasteiger partial charge is 0.495 e. The summed E-state index contributed by atoms with van der Waals surface area (Å²) >= 11 is 0. The van der Waals surface area contributed by atoms with Crippen molar-refractivity contribution in [2.75, 3.05) is 38.6 Å². The number of hydrogen-bond acceptors (Lipinski definition) is 3. The lowest BCUT2D eigenvalue weighted by Gasteiger charge is -2.37. The minimum absolute atomic E-state index is 0.0416. The molecule has 2 aromatic rings. The van der Waals surface area contributed by atoms with E-state index in [-0.39, 0.29) is 6.03 Å². The minimum Gasteiger partial charge on any atom is -0.495 e. The van der Waals surface area contributed by atoms with Gasteiger partial charge in [-0.25, -0.2) is 4.79 Å². The van der Waals surface area contributed by atoms with E-state index in [0.717, 1.165) is 30.8 Å². The Bertz CT molecular complexity index is 778. The summed E-state index contributed by atoms with van der Waals surface area (Å²) in [5, 5.41) is 3.06. The number of piperazine rings is 1. The molecular formula is C21H25N3O2. The molecule has 0 bridgehead atoms. The maximum atomic E-state index is 12.8. The number of anilines is 1. The number of benzene rings is 2. The maximum Gasteiger partial charge on any atom is 0.322 e. The van der Waals surface area contributed by atoms with E-state index in [1.165, 1.54) is 19.4 Å². The normalized spacial score (nSPS) is 19.9. The Balaban J connectivity index is 1.52. The molecule has 0 aliphatic carbocycles. The Morgan fingerprint density at radius 2 is 1.92 bits per heavy atom. The van der Waals surface area contributed by atoms with Crippen molar-refractivity contribution in [2.24, 2.45) is 0 Å². The van der Waals surface area contributed by atoms with Gasteiger partial charge >= 0.3 is 6.03 Å². The van der Waals surface area contributed by atoms with E-state index in [4.69, 9.17) is 4.74 Å². The van der Waals surface area contributed by atoms with Crippen LogP contribution in [0.25, 0.3) is 11.1 Å². The number of carbonyl (C=O) groups is 1. The van der Waals surface area contributed by atoms with E-state index in [2.05, 4.69) is 22.3 Å². The van der Waals surface area contributed by atoms with Gasteiger partial charge in [0.05, 0.1) is 12.8 Å². The van der Waals surface area contributed by atoms with E-state index < -0.39 is 0 Å². The van der Waals surface area contributed by atoms with Gasteiger partial charge in [-0.15, -0.1) is 0 Å². The SMILES string of the molecule is COc1ccc(-c2ccccc2)cc1NC(=O)N1CCN2CCCC2C1. The molecule has 0 radical (unpaired) electrons. The Morgan fingerprint density at radius 1 is 1.08 bits per heavy atom. The average molecular weight is 351 g/mol. The third-order valence-corrected chi connectivity index (χ3v) is 5.42. The van der Waals surface area contributed by atoms with Gasteiger partial charge in [-0.05, 0) is 42.6 Å². The van der Waals surface area contributed by atoms with Crippen LogP contribution in [0.5, 0.6) is 5.75 Å². The lowest BCUT2D eigenvalue weighted by Crippen LogP contribution is -2.53. The number of fused-ring (bicyclic) bond motifs is 1. The molecule has 4 rings (SSSR count). The fourth-order valence-corrected chi connectivity index (χ4v) is 3.99. The Labute approximate surface area is 154 Å². The van der Waals surface area contributed by atoms with Crippen molar-refractivity contribution >= 4 is 11.7 Å². The lowest BCUT2D eigenvalue weighted by atomic mass is 10.0. The van der Waals surface area contributed by atoms with E-state index in [0.29, 0.717) is 17.5 Å². The molecule has 0 saturated carbocycles. The van der Waals surface area contributed by atoms with Crippen molar-refractivity contribution in [3.05, 3.63) is 48.5 Å². The minimum atomic E-state index is -0.0416. The molecule has 2 amide bonds. The molecule has 1 N–H and O–H groups in total. The van der Waals surface area contributed by atoms with Crippen LogP contribution in [0.3, 0.4) is 0 Å². The number of amides is 2. The van der Waals surface area contributed by atoms with Crippen molar-refractivity contribution in [3.8, 4) is 16.9 Å². The van der Waals surface area contributed by atoms with Crippen LogP contribution in [0, 0.1) is 0 Å². The van der Waals surface area contributed by atoms with Gasteiger partial charge in [0.25, 0.3) is 0 Å². The van der Waals surface area contributed by atoms with Crippen LogP contribution in [0.1, 0.15) is 12.8 Å². The Hall–Kier alpha value is -2.53. The zero-order valence-corrected chi connectivity index (χ0v) is 15.1. The molecule has 2 heterocycles. The summed E-state index contributed by atoms with van der Waals surface area (Å²) in [7, 11) is 1.63. The van der Waals surface area contributed by atoms with Crippen molar-refractivity contribution in [1.29, 1.82) is 0 Å². The van der Waals surface area contributed by atoms with Gasteiger partial charge in [-0.1, -0.05) is 36.4 Å². The van der Waals surface area contributed by atoms with Crippen molar-refractivity contribution < 1.29 is 9.53 Å². The molecule has 0 aromatic heterocycles. The number of urea groups is 1. The van der Waals surface area contributed by atoms with Gasteiger partial charge in [-0.2, -0.15) is 0 Å². The fourth-order valence-electron chi connectivity index (χ4n) is 3.99. The highest BCUT2D eigenvalue weighted by molar-refractivity contribution is 5.92. The molecule has 2 saturated heterocycles. The van der Waals surface area contributed by atoms with Crippen LogP contribution in [0.2, 0.25) is 0 Å². The average Bonchev–Trinajstić information content (AvgIpc) is 3.16. The molecule has 2 fully saturated rings. The topological polar surface area (TPSA) is 44.8 Å². The standard InChI is InChI=1S/C21H25N3O2/c1-26-20-10-9-17(16-6-3-2-4-7-16)14-19(20)22-21(25)24-13-12-23-11-5-8-18(23)15-24/h2-4,6-7,9-10,14,18H,5,8,11-13,15H2,1H3,(H,22,25). The summed E-state index contributed by atoms with van der Waals surface area (Å²) in [6.07, 6.45) is 2.43. The number of methoxy groups -OCH3 is 1. The Kier molecular flexibility index (Phi) is 4.80. The van der Waals surface area contributed by atoms with Crippen molar-refractivity contribution in [1.82, 2.24) is 9.80 Å². The summed E-state index contributed by atoms with van der Waals surface area (Å²) < 4.78 is 5.45. The van der Waals surface area contributed by atoms with Crippen molar-refractivity contribution in [3.63, 3.8) is 0 Å². The summed E-state index contributed by atoms with van der Waals surface area (Å²) in [6.45, 7) is 3.74. The quantitative estimate of drug-likeness (QED) is 0.918. The van der Waals surface area contributed by atoms with Crippen LogP contribution in [-0.2, 0) is 0 Å². The molecule has 2 aliphatic heterocycles. The van der Waals surface area contributed by atoms with Gasteiger partial charge in [0, 0.05) is 25.7 Å². The molecular weight excluding hydrogens is 326 g/mol. The van der Waals surface area contributed by atoms with Gasteiger partial charge in [-0.3, -0.25) is 4.90 Å². The van der Waals surface area contributed by atoms with Crippen LogP contribution >= 0.6 is 0 Å². The van der Waals surface area contributed by atoms with E-state index >= 15 is 0 Å². The monoisotopic (exact) mass is 351 g/mol. The molecule has 26 heavy (non-hydrogen) atoms. The van der Waals surface area contributed by atoms with E-state index in [1.54, 1.807) is 7.11 Å². The summed E-state index contributed by atoms with van der Waals surface area (Å²) in [5.74, 6) is 0.678. The third-order valence-electron chi connectivity index (χ3n) is 5.42. The predicted molar refractivity (Wildman–Crippen MR) is 104 cm³/mol. The smallest absolute Gasteiger partial charge is 0.322 e. The first-order valence-electron chi connectivity index (χ1n) is 9.28. The van der Waals surface area contributed by atoms with E-state index in [1.807, 2.05) is 41.3 Å². The maximum absolute atomic E-state index is 12.8. The molecule has 5 nitrogen and oxygen atoms in total. The second-order valence-corrected chi connectivity index (χ2v) is 6.99. The van der Waals surface area contributed by atoms with Crippen molar-refractivity contribution in [2.45, 2.75) is 18.9 Å². The van der Waals surface area contributed by atoms with Crippen LogP contribution in [-0.4, -0.2) is 55.2 Å². The molecule has 5 heteroatoms. The molecule has 1 atom stereocenters. The van der Waals surface area contributed by atoms with Crippen LogP contribution in [0.4, 0.5) is 10.5 Å². The molecule has 0 spiro atoms. The number of ether oxygens (including phenoxy) is 1. The highest BCUT2D eigenvalue weighted by Crippen LogP contribution is 2.31. The van der Waals surface area contributed by atoms with Crippen LogP contribution in [0.15, 0.2) is 48.5 Å². The molecule has 1 unspecified atom stereocenters. The third kappa shape index (κ3) is 3.40. The lowest BCUT2D eigenvalue weighted by molar-refractivity contribution is 0.124. The summed E-state index contributed by atoms with van der Waals surface area (Å²) in [5.41, 5.74) is 2.89. The number of rotatable bonds is 3. The molecule has 136 valence electrons. The second kappa shape index (κ2) is 7.38. The Morgan fingerprint density at radius 3 is 2.73 bits per heavy atom. The molecule has 2 aliphatic rings. The number of nitrogens with one attached hydrogen (secondary N) is 1. The first-order valence-corrected chi connectivity index (χ1v) is 9.28. The van der Waals surface area contributed by atoms with Gasteiger partial charge in [0.15, 0.2) is 0 Å². The summed E-state index contributed by atoms with van der Waals surface area (Å²) in [4.78, 5) is 17.2. The van der Waals surface area contributed by atoms with Gasteiger partial charge in [0.2, 0.25) is 0 Å². The zero-order valence-electron chi connectivity index (χ0n) is 15.1. The highest BCUT2D eigenvalue weighted by Gasteiger charge is 2.32. The first-order chi connectivity index (χ1) is 12.7. The fraction of sp³-hybridized carbons (Fsp3) is 0.381. The molecule has 2 aromatic carbocycles. The number of carbonyl (C=O) groups excluding carboxylic acids is 1. The van der Waals surface area contributed by atoms with Crippen LogP contribution < -0.4 is 10.1 Å². The first kappa shape index (κ1) is 16.9. The van der Waals surface area contributed by atoms with Gasteiger partial charge < -0.3 is 15.0 Å². The second-order valence-electron chi connectivity index (χ2n) is 6.99. The number of nitrogens with zero attached hydrogens (tertiary/aromatic N) is 2.